The summed E-state index contributed by atoms with van der Waals surface area (Å²) in [5.74, 6) is -1.07. The highest BCUT2D eigenvalue weighted by molar-refractivity contribution is 5.83. The first-order valence-electron chi connectivity index (χ1n) is 6.64. The Morgan fingerprint density at radius 2 is 2.05 bits per heavy atom. The highest BCUT2D eigenvalue weighted by Crippen LogP contribution is 2.17. The SMILES string of the molecule is CC1COC(CO)CN1C(=O)N1CCOCC1C(=O)O. The molecule has 8 nitrogen and oxygen atoms in total. The van der Waals surface area contributed by atoms with Gasteiger partial charge in [0.15, 0.2) is 6.04 Å². The Morgan fingerprint density at radius 1 is 1.30 bits per heavy atom. The van der Waals surface area contributed by atoms with Crippen molar-refractivity contribution in [2.45, 2.75) is 25.1 Å². The van der Waals surface area contributed by atoms with Crippen LogP contribution in [0.4, 0.5) is 4.79 Å². The summed E-state index contributed by atoms with van der Waals surface area (Å²) in [5, 5.41) is 18.3. The topological polar surface area (TPSA) is 99.5 Å². The van der Waals surface area contributed by atoms with Crippen LogP contribution in [-0.4, -0.2) is 89.7 Å². The third-order valence-electron chi connectivity index (χ3n) is 3.61. The van der Waals surface area contributed by atoms with Gasteiger partial charge < -0.3 is 29.5 Å². The lowest BCUT2D eigenvalue weighted by Gasteiger charge is -2.42. The lowest BCUT2D eigenvalue weighted by molar-refractivity contribution is -0.148. The number of hydrogen-bond donors (Lipinski definition) is 2. The third kappa shape index (κ3) is 3.02. The Kier molecular flexibility index (Phi) is 4.79. The fourth-order valence-corrected chi connectivity index (χ4v) is 2.40. The zero-order valence-electron chi connectivity index (χ0n) is 11.4. The Balaban J connectivity index is 2.09. The van der Waals surface area contributed by atoms with Gasteiger partial charge >= 0.3 is 12.0 Å². The fourth-order valence-electron chi connectivity index (χ4n) is 2.40. The molecule has 114 valence electrons. The molecule has 8 heteroatoms. The van der Waals surface area contributed by atoms with E-state index in [4.69, 9.17) is 19.7 Å². The molecule has 2 fully saturated rings. The first-order valence-corrected chi connectivity index (χ1v) is 6.64. The molecule has 2 rings (SSSR count). The van der Waals surface area contributed by atoms with Gasteiger partial charge in [-0.3, -0.25) is 0 Å². The van der Waals surface area contributed by atoms with Gasteiger partial charge in [0, 0.05) is 6.54 Å². The summed E-state index contributed by atoms with van der Waals surface area (Å²) >= 11 is 0. The van der Waals surface area contributed by atoms with E-state index in [-0.39, 0.29) is 38.4 Å². The monoisotopic (exact) mass is 288 g/mol. The number of carboxylic acids is 1. The van der Waals surface area contributed by atoms with Gasteiger partial charge in [0.05, 0.1) is 45.1 Å². The van der Waals surface area contributed by atoms with Crippen LogP contribution in [0, 0.1) is 0 Å². The maximum absolute atomic E-state index is 12.5. The Labute approximate surface area is 116 Å². The van der Waals surface area contributed by atoms with Gasteiger partial charge in [0.1, 0.15) is 0 Å². The van der Waals surface area contributed by atoms with E-state index in [0.29, 0.717) is 13.2 Å². The number of carbonyl (C=O) groups excluding carboxylic acids is 1. The molecule has 2 aliphatic heterocycles. The molecule has 0 spiro atoms. The predicted molar refractivity (Wildman–Crippen MR) is 67.3 cm³/mol. The Bertz CT molecular complexity index is 377. The van der Waals surface area contributed by atoms with Crippen LogP contribution in [0.25, 0.3) is 0 Å². The molecule has 0 aromatic carbocycles. The highest BCUT2D eigenvalue weighted by atomic mass is 16.5. The molecule has 0 saturated carbocycles. The number of nitrogens with zero attached hydrogens (tertiary/aromatic N) is 2. The number of urea groups is 1. The molecule has 0 aliphatic carbocycles. The molecular formula is C12H20N2O6. The molecule has 0 radical (unpaired) electrons. The van der Waals surface area contributed by atoms with E-state index in [1.807, 2.05) is 6.92 Å². The number of hydrogen-bond acceptors (Lipinski definition) is 5. The van der Waals surface area contributed by atoms with E-state index < -0.39 is 18.1 Å². The zero-order valence-corrected chi connectivity index (χ0v) is 11.4. The Hall–Kier alpha value is -1.38. The molecular weight excluding hydrogens is 268 g/mol. The summed E-state index contributed by atoms with van der Waals surface area (Å²) in [6.07, 6.45) is -0.417. The van der Waals surface area contributed by atoms with Gasteiger partial charge in [-0.25, -0.2) is 9.59 Å². The third-order valence-corrected chi connectivity index (χ3v) is 3.61. The number of amides is 2. The van der Waals surface area contributed by atoms with Crippen molar-refractivity contribution in [1.82, 2.24) is 9.80 Å². The molecule has 2 N–H and O–H groups in total. The van der Waals surface area contributed by atoms with Crippen LogP contribution in [-0.2, 0) is 14.3 Å². The first kappa shape index (κ1) is 15.0. The van der Waals surface area contributed by atoms with Crippen molar-refractivity contribution >= 4 is 12.0 Å². The van der Waals surface area contributed by atoms with Gasteiger partial charge in [-0.05, 0) is 6.92 Å². The van der Waals surface area contributed by atoms with Gasteiger partial charge in [0.2, 0.25) is 0 Å². The maximum Gasteiger partial charge on any atom is 0.328 e. The van der Waals surface area contributed by atoms with E-state index in [1.54, 1.807) is 4.90 Å². The van der Waals surface area contributed by atoms with Gasteiger partial charge in [0.25, 0.3) is 0 Å². The minimum atomic E-state index is -1.07. The van der Waals surface area contributed by atoms with Crippen LogP contribution in [0.3, 0.4) is 0 Å². The number of aliphatic hydroxyl groups excluding tert-OH is 1. The van der Waals surface area contributed by atoms with E-state index in [1.165, 1.54) is 4.90 Å². The van der Waals surface area contributed by atoms with Crippen molar-refractivity contribution < 1.29 is 29.3 Å². The van der Waals surface area contributed by atoms with Crippen molar-refractivity contribution in [3.63, 3.8) is 0 Å². The number of morpholine rings is 2. The smallest absolute Gasteiger partial charge is 0.328 e. The number of aliphatic hydroxyl groups is 1. The quantitative estimate of drug-likeness (QED) is 0.674. The molecule has 2 amide bonds. The van der Waals surface area contributed by atoms with Gasteiger partial charge in [-0.1, -0.05) is 0 Å². The molecule has 2 heterocycles. The lowest BCUT2D eigenvalue weighted by Crippen LogP contribution is -2.61. The van der Waals surface area contributed by atoms with Crippen molar-refractivity contribution in [2.75, 3.05) is 39.5 Å². The van der Waals surface area contributed by atoms with Crippen LogP contribution in [0.15, 0.2) is 0 Å². The zero-order chi connectivity index (χ0) is 14.7. The van der Waals surface area contributed by atoms with E-state index in [2.05, 4.69) is 0 Å². The summed E-state index contributed by atoms with van der Waals surface area (Å²) in [7, 11) is 0. The average molecular weight is 288 g/mol. The second kappa shape index (κ2) is 6.38. The number of carboxylic acid groups (broad SMARTS) is 1. The minimum absolute atomic E-state index is 0.00320. The maximum atomic E-state index is 12.5. The molecule has 2 aliphatic rings. The summed E-state index contributed by atoms with van der Waals surface area (Å²) < 4.78 is 10.5. The Morgan fingerprint density at radius 3 is 2.70 bits per heavy atom. The standard InChI is InChI=1S/C12H20N2O6/c1-8-6-20-9(5-15)4-14(8)12(18)13-2-3-19-7-10(13)11(16)17/h8-10,15H,2-7H2,1H3,(H,16,17). The van der Waals surface area contributed by atoms with Crippen LogP contribution < -0.4 is 0 Å². The second-order valence-electron chi connectivity index (χ2n) is 5.04. The number of ether oxygens (including phenoxy) is 2. The first-order chi connectivity index (χ1) is 9.54. The molecule has 0 aromatic rings. The largest absolute Gasteiger partial charge is 0.480 e. The lowest BCUT2D eigenvalue weighted by atomic mass is 10.2. The van der Waals surface area contributed by atoms with Crippen LogP contribution in [0.5, 0.6) is 0 Å². The molecule has 2 saturated heterocycles. The molecule has 20 heavy (non-hydrogen) atoms. The summed E-state index contributed by atoms with van der Waals surface area (Å²) in [5.41, 5.74) is 0. The fraction of sp³-hybridized carbons (Fsp3) is 0.833. The predicted octanol–water partition coefficient (Wildman–Crippen LogP) is -1.03. The summed E-state index contributed by atoms with van der Waals surface area (Å²) in [6.45, 7) is 2.85. The van der Waals surface area contributed by atoms with Crippen LogP contribution in [0.1, 0.15) is 6.92 Å². The number of aliphatic carboxylic acids is 1. The van der Waals surface area contributed by atoms with Crippen molar-refractivity contribution in [2.24, 2.45) is 0 Å². The highest BCUT2D eigenvalue weighted by Gasteiger charge is 2.38. The summed E-state index contributed by atoms with van der Waals surface area (Å²) in [6, 6.07) is -1.45. The van der Waals surface area contributed by atoms with E-state index >= 15 is 0 Å². The van der Waals surface area contributed by atoms with Gasteiger partial charge in [-0.2, -0.15) is 0 Å². The average Bonchev–Trinajstić information content (AvgIpc) is 2.47. The molecule has 0 bridgehead atoms. The number of carbonyl (C=O) groups is 2. The van der Waals surface area contributed by atoms with E-state index in [0.717, 1.165) is 0 Å². The van der Waals surface area contributed by atoms with Gasteiger partial charge in [-0.15, -0.1) is 0 Å². The minimum Gasteiger partial charge on any atom is -0.480 e. The van der Waals surface area contributed by atoms with Crippen LogP contribution in [0.2, 0.25) is 0 Å². The molecule has 3 atom stereocenters. The van der Waals surface area contributed by atoms with E-state index in [9.17, 15) is 9.59 Å². The van der Waals surface area contributed by atoms with Crippen LogP contribution >= 0.6 is 0 Å². The summed E-state index contributed by atoms with van der Waals surface area (Å²) in [4.78, 5) is 26.6. The van der Waals surface area contributed by atoms with Crippen molar-refractivity contribution in [3.05, 3.63) is 0 Å². The molecule has 0 aromatic heterocycles. The normalized spacial score (nSPS) is 31.2. The number of rotatable bonds is 2. The second-order valence-corrected chi connectivity index (χ2v) is 5.04. The van der Waals surface area contributed by atoms with Crippen molar-refractivity contribution in [3.8, 4) is 0 Å². The molecule has 3 unspecified atom stereocenters. The van der Waals surface area contributed by atoms with Crippen molar-refractivity contribution in [1.29, 1.82) is 0 Å².